The Balaban J connectivity index is 2.23. The highest BCUT2D eigenvalue weighted by atomic mass is 16.1. The molecule has 16 heavy (non-hydrogen) atoms. The van der Waals surface area contributed by atoms with Gasteiger partial charge in [0.15, 0.2) is 0 Å². The maximum Gasteiger partial charge on any atom is 0.221 e. The molecule has 0 aliphatic heterocycles. The van der Waals surface area contributed by atoms with Crippen molar-refractivity contribution < 1.29 is 4.79 Å². The highest BCUT2D eigenvalue weighted by molar-refractivity contribution is 5.88. The minimum absolute atomic E-state index is 0.0955. The van der Waals surface area contributed by atoms with Crippen LogP contribution in [-0.4, -0.2) is 10.9 Å². The minimum Gasteiger partial charge on any atom is -0.326 e. The summed E-state index contributed by atoms with van der Waals surface area (Å²) >= 11 is 0. The molecular formula is C13H11N2O. The lowest BCUT2D eigenvalue weighted by atomic mass is 10.1. The molecule has 0 unspecified atom stereocenters. The Morgan fingerprint density at radius 1 is 1.31 bits per heavy atom. The van der Waals surface area contributed by atoms with Crippen LogP contribution >= 0.6 is 0 Å². The normalized spacial score (nSPS) is 9.81. The molecule has 3 nitrogen and oxygen atoms in total. The molecule has 0 spiro atoms. The minimum atomic E-state index is -0.0955. The van der Waals surface area contributed by atoms with Crippen LogP contribution < -0.4 is 5.32 Å². The molecule has 0 aliphatic carbocycles. The number of nitrogens with zero attached hydrogens (tertiary/aromatic N) is 1. The predicted molar refractivity (Wildman–Crippen MR) is 62.8 cm³/mol. The smallest absolute Gasteiger partial charge is 0.221 e. The first-order valence-electron chi connectivity index (χ1n) is 4.96. The van der Waals surface area contributed by atoms with Crippen molar-refractivity contribution in [2.24, 2.45) is 0 Å². The Hall–Kier alpha value is -2.16. The van der Waals surface area contributed by atoms with Gasteiger partial charge in [-0.1, -0.05) is 12.1 Å². The molecule has 1 amide bonds. The summed E-state index contributed by atoms with van der Waals surface area (Å²) in [6, 6.07) is 14.3. The highest BCUT2D eigenvalue weighted by Gasteiger charge is 1.99. The van der Waals surface area contributed by atoms with Crippen molar-refractivity contribution in [3.8, 4) is 11.3 Å². The van der Waals surface area contributed by atoms with E-state index in [1.165, 1.54) is 6.92 Å². The van der Waals surface area contributed by atoms with Crippen LogP contribution in [0.1, 0.15) is 6.92 Å². The lowest BCUT2D eigenvalue weighted by Gasteiger charge is -2.03. The van der Waals surface area contributed by atoms with E-state index in [2.05, 4.69) is 16.4 Å². The van der Waals surface area contributed by atoms with E-state index in [9.17, 15) is 4.79 Å². The predicted octanol–water partition coefficient (Wildman–Crippen LogP) is 2.51. The summed E-state index contributed by atoms with van der Waals surface area (Å²) in [7, 11) is 0. The molecule has 0 aliphatic rings. The van der Waals surface area contributed by atoms with E-state index in [1.54, 1.807) is 6.20 Å². The van der Waals surface area contributed by atoms with E-state index in [4.69, 9.17) is 0 Å². The Kier molecular flexibility index (Phi) is 2.96. The van der Waals surface area contributed by atoms with Crippen molar-refractivity contribution in [1.82, 2.24) is 4.98 Å². The molecule has 2 rings (SSSR count). The number of rotatable bonds is 2. The van der Waals surface area contributed by atoms with Crippen LogP contribution in [0.3, 0.4) is 0 Å². The summed E-state index contributed by atoms with van der Waals surface area (Å²) in [6.45, 7) is 1.47. The van der Waals surface area contributed by atoms with Crippen molar-refractivity contribution in [1.29, 1.82) is 0 Å². The van der Waals surface area contributed by atoms with Gasteiger partial charge in [-0.05, 0) is 24.3 Å². The summed E-state index contributed by atoms with van der Waals surface area (Å²) in [5.74, 6) is -0.0955. The van der Waals surface area contributed by atoms with Gasteiger partial charge in [0.25, 0.3) is 0 Å². The van der Waals surface area contributed by atoms with Gasteiger partial charge < -0.3 is 5.32 Å². The van der Waals surface area contributed by atoms with E-state index in [0.717, 1.165) is 11.3 Å². The number of hydrogen-bond donors (Lipinski definition) is 1. The second kappa shape index (κ2) is 4.57. The Bertz CT molecular complexity index is 477. The number of benzene rings is 1. The van der Waals surface area contributed by atoms with Gasteiger partial charge >= 0.3 is 0 Å². The fraction of sp³-hybridized carbons (Fsp3) is 0.0769. The van der Waals surface area contributed by atoms with Gasteiger partial charge in [-0.15, -0.1) is 0 Å². The molecule has 0 atom stereocenters. The van der Waals surface area contributed by atoms with Crippen molar-refractivity contribution in [3.05, 3.63) is 48.7 Å². The summed E-state index contributed by atoms with van der Waals surface area (Å²) in [6.07, 6.45) is 1.75. The second-order valence-corrected chi connectivity index (χ2v) is 3.39. The standard InChI is InChI=1S/C13H11N2O/c1-10(16)15-12-7-5-11(6-8-12)13-4-2-3-9-14-13/h2-7,9H,1H3,(H,15,16). The molecule has 0 saturated carbocycles. The first-order valence-corrected chi connectivity index (χ1v) is 4.96. The molecule has 0 saturated heterocycles. The van der Waals surface area contributed by atoms with Crippen molar-refractivity contribution in [2.45, 2.75) is 6.92 Å². The Morgan fingerprint density at radius 3 is 2.75 bits per heavy atom. The van der Waals surface area contributed by atoms with Crippen LogP contribution in [0.15, 0.2) is 42.6 Å². The van der Waals surface area contributed by atoms with Crippen LogP contribution in [0, 0.1) is 6.07 Å². The SMILES string of the molecule is CC(=O)Nc1[c]cc(-c2ccccn2)cc1. The monoisotopic (exact) mass is 211 g/mol. The zero-order chi connectivity index (χ0) is 11.4. The summed E-state index contributed by atoms with van der Waals surface area (Å²) in [5.41, 5.74) is 2.55. The molecule has 79 valence electrons. The van der Waals surface area contributed by atoms with Gasteiger partial charge in [-0.2, -0.15) is 0 Å². The largest absolute Gasteiger partial charge is 0.326 e. The zero-order valence-electron chi connectivity index (χ0n) is 8.90. The van der Waals surface area contributed by atoms with Crippen LogP contribution in [0.4, 0.5) is 5.69 Å². The summed E-state index contributed by atoms with van der Waals surface area (Å²) in [4.78, 5) is 15.1. The molecule has 2 aromatic rings. The first-order chi connectivity index (χ1) is 7.75. The number of carbonyl (C=O) groups excluding carboxylic acids is 1. The fourth-order valence-electron chi connectivity index (χ4n) is 1.39. The van der Waals surface area contributed by atoms with Crippen molar-refractivity contribution in [3.63, 3.8) is 0 Å². The molecule has 3 heteroatoms. The third-order valence-electron chi connectivity index (χ3n) is 2.08. The molecule has 1 N–H and O–H groups in total. The van der Waals surface area contributed by atoms with Crippen molar-refractivity contribution >= 4 is 11.6 Å². The average molecular weight is 211 g/mol. The molecule has 0 fully saturated rings. The first kappa shape index (κ1) is 10.4. The number of nitrogens with one attached hydrogen (secondary N) is 1. The molecule has 1 aromatic carbocycles. The third kappa shape index (κ3) is 2.45. The number of carbonyl (C=O) groups is 1. The zero-order valence-corrected chi connectivity index (χ0v) is 8.90. The van der Waals surface area contributed by atoms with Gasteiger partial charge in [0.05, 0.1) is 5.69 Å². The van der Waals surface area contributed by atoms with E-state index >= 15 is 0 Å². The van der Waals surface area contributed by atoms with Crippen LogP contribution in [-0.2, 0) is 4.79 Å². The maximum atomic E-state index is 10.8. The Labute approximate surface area is 94.1 Å². The number of amides is 1. The van der Waals surface area contributed by atoms with Gasteiger partial charge in [-0.3, -0.25) is 9.78 Å². The van der Waals surface area contributed by atoms with Crippen molar-refractivity contribution in [2.75, 3.05) is 5.32 Å². The quantitative estimate of drug-likeness (QED) is 0.829. The fourth-order valence-corrected chi connectivity index (χ4v) is 1.39. The number of pyridine rings is 1. The van der Waals surface area contributed by atoms with E-state index in [1.807, 2.05) is 36.4 Å². The molecule has 1 heterocycles. The van der Waals surface area contributed by atoms with E-state index in [-0.39, 0.29) is 5.91 Å². The summed E-state index contributed by atoms with van der Waals surface area (Å²) < 4.78 is 0. The topological polar surface area (TPSA) is 42.0 Å². The van der Waals surface area contributed by atoms with Crippen LogP contribution in [0.2, 0.25) is 0 Å². The van der Waals surface area contributed by atoms with Gasteiger partial charge in [0, 0.05) is 30.4 Å². The summed E-state index contributed by atoms with van der Waals surface area (Å²) in [5, 5.41) is 2.67. The highest BCUT2D eigenvalue weighted by Crippen LogP contribution is 2.18. The number of anilines is 1. The van der Waals surface area contributed by atoms with Gasteiger partial charge in [0.1, 0.15) is 0 Å². The lowest BCUT2D eigenvalue weighted by Crippen LogP contribution is -2.05. The maximum absolute atomic E-state index is 10.8. The van der Waals surface area contributed by atoms with Crippen LogP contribution in [0.5, 0.6) is 0 Å². The van der Waals surface area contributed by atoms with Gasteiger partial charge in [-0.25, -0.2) is 0 Å². The third-order valence-corrected chi connectivity index (χ3v) is 2.08. The lowest BCUT2D eigenvalue weighted by molar-refractivity contribution is -0.114. The second-order valence-electron chi connectivity index (χ2n) is 3.39. The number of aromatic nitrogens is 1. The molecule has 0 bridgehead atoms. The molecule has 1 aromatic heterocycles. The van der Waals surface area contributed by atoms with Crippen LogP contribution in [0.25, 0.3) is 11.3 Å². The van der Waals surface area contributed by atoms with E-state index in [0.29, 0.717) is 5.69 Å². The Morgan fingerprint density at radius 2 is 2.19 bits per heavy atom. The van der Waals surface area contributed by atoms with Gasteiger partial charge in [0.2, 0.25) is 5.91 Å². The molecular weight excluding hydrogens is 200 g/mol. The van der Waals surface area contributed by atoms with E-state index < -0.39 is 0 Å². The number of hydrogen-bond acceptors (Lipinski definition) is 2. The average Bonchev–Trinajstić information content (AvgIpc) is 2.30. The molecule has 1 radical (unpaired) electrons.